The summed E-state index contributed by atoms with van der Waals surface area (Å²) in [6.45, 7) is 7.33. The molecule has 178 valence electrons. The van der Waals surface area contributed by atoms with E-state index in [1.807, 2.05) is 26.8 Å². The molecular weight excluding hydrogens is 426 g/mol. The summed E-state index contributed by atoms with van der Waals surface area (Å²) in [6.07, 6.45) is 0.575. The first-order valence-electron chi connectivity index (χ1n) is 11.2. The molecule has 0 saturated carbocycles. The maximum absolute atomic E-state index is 12.5. The van der Waals surface area contributed by atoms with Crippen molar-refractivity contribution in [1.82, 2.24) is 25.3 Å². The number of aromatic amines is 1. The number of H-pyrrole nitrogens is 1. The molecule has 2 N–H and O–H groups in total. The van der Waals surface area contributed by atoms with Crippen LogP contribution >= 0.6 is 0 Å². The van der Waals surface area contributed by atoms with Gasteiger partial charge in [0.15, 0.2) is 0 Å². The Balaban J connectivity index is 1.47. The molecule has 0 aliphatic carbocycles. The largest absolute Gasteiger partial charge is 0.444 e. The van der Waals surface area contributed by atoms with Crippen molar-refractivity contribution in [2.75, 3.05) is 26.7 Å². The second-order valence-corrected chi connectivity index (χ2v) is 9.60. The Labute approximate surface area is 192 Å². The van der Waals surface area contributed by atoms with Crippen molar-refractivity contribution in [1.29, 1.82) is 0 Å². The van der Waals surface area contributed by atoms with Crippen LogP contribution in [0.25, 0.3) is 10.9 Å². The van der Waals surface area contributed by atoms with Crippen molar-refractivity contribution in [2.45, 2.75) is 57.8 Å². The fraction of sp³-hybridized carbons (Fsp3) is 0.565. The molecule has 1 aromatic heterocycles. The molecule has 2 aliphatic heterocycles. The zero-order valence-corrected chi connectivity index (χ0v) is 19.5. The number of carbonyl (C=O) groups excluding carboxylic acids is 3. The first kappa shape index (κ1) is 23.0. The molecule has 3 heterocycles. The molecule has 10 heteroatoms. The summed E-state index contributed by atoms with van der Waals surface area (Å²) in [5.74, 6) is -0.123. The van der Waals surface area contributed by atoms with Crippen molar-refractivity contribution in [2.24, 2.45) is 0 Å². The minimum Gasteiger partial charge on any atom is -0.444 e. The lowest BCUT2D eigenvalue weighted by atomic mass is 9.86. The molecule has 0 radical (unpaired) electrons. The number of amides is 4. The molecule has 1 aromatic carbocycles. The summed E-state index contributed by atoms with van der Waals surface area (Å²) in [6, 6.07) is 5.73. The number of nitrogens with zero attached hydrogens (tertiary/aromatic N) is 3. The van der Waals surface area contributed by atoms with Crippen molar-refractivity contribution in [3.8, 4) is 0 Å². The van der Waals surface area contributed by atoms with Gasteiger partial charge in [-0.05, 0) is 38.8 Å². The van der Waals surface area contributed by atoms with Gasteiger partial charge in [0.1, 0.15) is 5.60 Å². The number of aromatic nitrogens is 2. The molecule has 2 aromatic rings. The number of fused-ring (bicyclic) bond motifs is 1. The highest BCUT2D eigenvalue weighted by Crippen LogP contribution is 2.33. The highest BCUT2D eigenvalue weighted by molar-refractivity contribution is 5.96. The molecule has 2 aliphatic rings. The summed E-state index contributed by atoms with van der Waals surface area (Å²) in [5, 5.41) is 10.7. The predicted octanol–water partition coefficient (Wildman–Crippen LogP) is 2.74. The molecular formula is C23H31N5O5. The Morgan fingerprint density at radius 2 is 2.03 bits per heavy atom. The van der Waals surface area contributed by atoms with Gasteiger partial charge in [0.2, 0.25) is 5.91 Å². The van der Waals surface area contributed by atoms with E-state index in [2.05, 4.69) is 27.6 Å². The van der Waals surface area contributed by atoms with Crippen LogP contribution in [-0.2, 0) is 20.8 Å². The lowest BCUT2D eigenvalue weighted by molar-refractivity contribution is -0.121. The van der Waals surface area contributed by atoms with Crippen LogP contribution in [0.2, 0.25) is 0 Å². The monoisotopic (exact) mass is 457 g/mol. The zero-order chi connectivity index (χ0) is 23.8. The number of piperidine rings is 1. The number of benzene rings is 1. The zero-order valence-electron chi connectivity index (χ0n) is 19.5. The Morgan fingerprint density at radius 3 is 2.73 bits per heavy atom. The molecule has 2 fully saturated rings. The Hall–Kier alpha value is -3.14. The van der Waals surface area contributed by atoms with Crippen LogP contribution in [0.4, 0.5) is 9.59 Å². The van der Waals surface area contributed by atoms with E-state index in [4.69, 9.17) is 9.47 Å². The Kier molecular flexibility index (Phi) is 6.29. The number of imide groups is 1. The van der Waals surface area contributed by atoms with Gasteiger partial charge in [-0.15, -0.1) is 0 Å². The Morgan fingerprint density at radius 1 is 1.24 bits per heavy atom. The lowest BCUT2D eigenvalue weighted by Crippen LogP contribution is -2.48. The third-order valence-corrected chi connectivity index (χ3v) is 6.09. The SMILES string of the molecule is CO[C@H]1CN(C(=O)OC(C)(C)C)CCC1c1ccc2c(CN3CCC(=O)NC3=O)n[nH]c2c1. The summed E-state index contributed by atoms with van der Waals surface area (Å²) >= 11 is 0. The maximum atomic E-state index is 12.5. The van der Waals surface area contributed by atoms with Crippen LogP contribution in [0.3, 0.4) is 0 Å². The van der Waals surface area contributed by atoms with Crippen molar-refractivity contribution in [3.63, 3.8) is 0 Å². The van der Waals surface area contributed by atoms with Crippen LogP contribution in [0.1, 0.15) is 50.8 Å². The molecule has 10 nitrogen and oxygen atoms in total. The van der Waals surface area contributed by atoms with Crippen LogP contribution in [0.15, 0.2) is 18.2 Å². The summed E-state index contributed by atoms with van der Waals surface area (Å²) < 4.78 is 11.3. The standard InChI is InChI=1S/C23H31N5O5/c1-23(2,3)33-22(31)28-9-7-15(19(13-28)32-4)14-5-6-16-17(11-14)25-26-18(16)12-27-10-8-20(29)24-21(27)30/h5-6,11,15,19H,7-10,12-13H2,1-4H3,(H,25,26)(H,24,29,30)/t15?,19-/m0/s1. The summed E-state index contributed by atoms with van der Waals surface area (Å²) in [7, 11) is 1.66. The van der Waals surface area contributed by atoms with Gasteiger partial charge in [-0.25, -0.2) is 9.59 Å². The molecule has 2 atom stereocenters. The average Bonchev–Trinajstić information content (AvgIpc) is 3.16. The van der Waals surface area contributed by atoms with E-state index in [0.717, 1.165) is 28.6 Å². The number of urea groups is 1. The first-order chi connectivity index (χ1) is 15.6. The van der Waals surface area contributed by atoms with E-state index in [0.29, 0.717) is 32.6 Å². The highest BCUT2D eigenvalue weighted by atomic mass is 16.6. The lowest BCUT2D eigenvalue weighted by Gasteiger charge is -2.38. The normalized spacial score (nSPS) is 21.9. The number of rotatable bonds is 4. The van der Waals surface area contributed by atoms with Gasteiger partial charge in [0, 0.05) is 37.9 Å². The minimum atomic E-state index is -0.537. The predicted molar refractivity (Wildman–Crippen MR) is 121 cm³/mol. The first-order valence-corrected chi connectivity index (χ1v) is 11.2. The number of methoxy groups -OCH3 is 1. The summed E-state index contributed by atoms with van der Waals surface area (Å²) in [5.41, 5.74) is 2.20. The number of carbonyl (C=O) groups is 3. The number of ether oxygens (including phenoxy) is 2. The molecule has 4 amide bonds. The number of hydrogen-bond donors (Lipinski definition) is 2. The second-order valence-electron chi connectivity index (χ2n) is 9.60. The van der Waals surface area contributed by atoms with Crippen LogP contribution in [0, 0.1) is 0 Å². The smallest absolute Gasteiger partial charge is 0.410 e. The summed E-state index contributed by atoms with van der Waals surface area (Å²) in [4.78, 5) is 39.2. The molecule has 1 unspecified atom stereocenters. The van der Waals surface area contributed by atoms with Gasteiger partial charge < -0.3 is 19.3 Å². The minimum absolute atomic E-state index is 0.128. The fourth-order valence-corrected chi connectivity index (χ4v) is 4.40. The van der Waals surface area contributed by atoms with Gasteiger partial charge in [-0.2, -0.15) is 5.10 Å². The van der Waals surface area contributed by atoms with E-state index in [-0.39, 0.29) is 24.0 Å². The Bertz CT molecular complexity index is 1060. The van der Waals surface area contributed by atoms with Crippen molar-refractivity contribution in [3.05, 3.63) is 29.5 Å². The third kappa shape index (κ3) is 5.11. The van der Waals surface area contributed by atoms with E-state index in [1.54, 1.807) is 16.9 Å². The average molecular weight is 458 g/mol. The molecule has 2 saturated heterocycles. The molecule has 0 spiro atoms. The van der Waals surface area contributed by atoms with Crippen LogP contribution in [-0.4, -0.2) is 76.5 Å². The number of hydrogen-bond acceptors (Lipinski definition) is 6. The molecule has 4 rings (SSSR count). The van der Waals surface area contributed by atoms with E-state index < -0.39 is 11.6 Å². The maximum Gasteiger partial charge on any atom is 0.410 e. The van der Waals surface area contributed by atoms with E-state index in [1.165, 1.54) is 0 Å². The highest BCUT2D eigenvalue weighted by Gasteiger charge is 2.34. The van der Waals surface area contributed by atoms with Gasteiger partial charge in [-0.3, -0.25) is 15.2 Å². The van der Waals surface area contributed by atoms with E-state index in [9.17, 15) is 14.4 Å². The molecule has 0 bridgehead atoms. The van der Waals surface area contributed by atoms with Crippen LogP contribution < -0.4 is 5.32 Å². The van der Waals surface area contributed by atoms with Crippen LogP contribution in [0.5, 0.6) is 0 Å². The number of nitrogens with one attached hydrogen (secondary N) is 2. The van der Waals surface area contributed by atoms with Gasteiger partial charge in [-0.1, -0.05) is 12.1 Å². The number of likely N-dealkylation sites (tertiary alicyclic amines) is 1. The topological polar surface area (TPSA) is 117 Å². The van der Waals surface area contributed by atoms with Crippen molar-refractivity contribution < 1.29 is 23.9 Å². The third-order valence-electron chi connectivity index (χ3n) is 6.09. The van der Waals surface area contributed by atoms with Gasteiger partial charge >= 0.3 is 12.1 Å². The fourth-order valence-electron chi connectivity index (χ4n) is 4.40. The van der Waals surface area contributed by atoms with Crippen molar-refractivity contribution >= 4 is 28.9 Å². The second kappa shape index (κ2) is 9.01. The van der Waals surface area contributed by atoms with Gasteiger partial charge in [0.05, 0.1) is 30.4 Å². The van der Waals surface area contributed by atoms with E-state index >= 15 is 0 Å². The molecule has 33 heavy (non-hydrogen) atoms. The quantitative estimate of drug-likeness (QED) is 0.729. The van der Waals surface area contributed by atoms with Gasteiger partial charge in [0.25, 0.3) is 0 Å².